The molecule has 3 nitrogen and oxygen atoms in total. The monoisotopic (exact) mass is 169 g/mol. The highest BCUT2D eigenvalue weighted by Gasteiger charge is 2.40. The Labute approximate surface area is 72.6 Å². The molecule has 2 bridgehead atoms. The highest BCUT2D eigenvalue weighted by molar-refractivity contribution is 4.93. The highest BCUT2D eigenvalue weighted by Crippen LogP contribution is 2.30. The number of nitrogens with zero attached hydrogens (tertiary/aromatic N) is 1. The lowest BCUT2D eigenvalue weighted by molar-refractivity contribution is -0.0169. The van der Waals surface area contributed by atoms with Crippen molar-refractivity contribution in [3.63, 3.8) is 0 Å². The van der Waals surface area contributed by atoms with E-state index in [1.807, 2.05) is 0 Å². The van der Waals surface area contributed by atoms with Crippen molar-refractivity contribution in [3.05, 3.63) is 0 Å². The molecule has 3 heteroatoms. The molecule has 0 aromatic rings. The van der Waals surface area contributed by atoms with Gasteiger partial charge in [-0.2, -0.15) is 0 Å². The molecule has 0 aromatic carbocycles. The van der Waals surface area contributed by atoms with Gasteiger partial charge in [0.1, 0.15) is 0 Å². The summed E-state index contributed by atoms with van der Waals surface area (Å²) in [7, 11) is 0. The summed E-state index contributed by atoms with van der Waals surface area (Å²) in [6, 6.07) is 1.40. The Morgan fingerprint density at radius 1 is 1.08 bits per heavy atom. The first-order chi connectivity index (χ1) is 5.93. The molecule has 3 atom stereocenters. The van der Waals surface area contributed by atoms with Crippen LogP contribution in [0.15, 0.2) is 0 Å². The molecule has 3 fully saturated rings. The third-order valence-corrected chi connectivity index (χ3v) is 3.21. The van der Waals surface area contributed by atoms with Gasteiger partial charge in [0, 0.05) is 18.6 Å². The van der Waals surface area contributed by atoms with Crippen molar-refractivity contribution < 1.29 is 9.47 Å². The molecule has 0 amide bonds. The second kappa shape index (κ2) is 2.69. The van der Waals surface area contributed by atoms with E-state index in [1.165, 1.54) is 12.8 Å². The van der Waals surface area contributed by atoms with Crippen molar-refractivity contribution in [3.8, 4) is 0 Å². The Morgan fingerprint density at radius 3 is 2.33 bits per heavy atom. The lowest BCUT2D eigenvalue weighted by Crippen LogP contribution is -2.47. The molecule has 12 heavy (non-hydrogen) atoms. The Balaban J connectivity index is 1.67. The van der Waals surface area contributed by atoms with E-state index in [-0.39, 0.29) is 0 Å². The van der Waals surface area contributed by atoms with Gasteiger partial charge in [-0.05, 0) is 12.8 Å². The summed E-state index contributed by atoms with van der Waals surface area (Å²) >= 11 is 0. The summed E-state index contributed by atoms with van der Waals surface area (Å²) in [6.07, 6.45) is 3.21. The van der Waals surface area contributed by atoms with Gasteiger partial charge in [0.25, 0.3) is 0 Å². The molecule has 0 aromatic heterocycles. The van der Waals surface area contributed by atoms with Crippen molar-refractivity contribution in [1.29, 1.82) is 0 Å². The minimum atomic E-state index is 0.547. The summed E-state index contributed by atoms with van der Waals surface area (Å²) in [5.41, 5.74) is 0. The number of ether oxygens (including phenoxy) is 2. The zero-order chi connectivity index (χ0) is 7.97. The Kier molecular flexibility index (Phi) is 1.63. The molecule has 0 spiro atoms. The molecule has 0 saturated carbocycles. The SMILES string of the molecule is C1CC2COCC1N2C[C@H]1CO1. The first kappa shape index (κ1) is 7.30. The Bertz CT molecular complexity index is 165. The Hall–Kier alpha value is -0.120. The topological polar surface area (TPSA) is 25.0 Å². The fourth-order valence-corrected chi connectivity index (χ4v) is 2.42. The van der Waals surface area contributed by atoms with Crippen LogP contribution < -0.4 is 0 Å². The molecular weight excluding hydrogens is 154 g/mol. The van der Waals surface area contributed by atoms with Crippen LogP contribution in [0, 0.1) is 0 Å². The van der Waals surface area contributed by atoms with Crippen molar-refractivity contribution in [2.75, 3.05) is 26.4 Å². The molecule has 3 rings (SSSR count). The van der Waals surface area contributed by atoms with Crippen molar-refractivity contribution in [2.24, 2.45) is 0 Å². The quantitative estimate of drug-likeness (QED) is 0.554. The normalized spacial score (nSPS) is 46.5. The van der Waals surface area contributed by atoms with Crippen LogP contribution in [0.5, 0.6) is 0 Å². The maximum atomic E-state index is 5.51. The minimum absolute atomic E-state index is 0.547. The molecule has 0 N–H and O–H groups in total. The molecule has 3 heterocycles. The summed E-state index contributed by atoms with van der Waals surface area (Å²) in [5, 5.41) is 0. The number of hydrogen-bond acceptors (Lipinski definition) is 3. The lowest BCUT2D eigenvalue weighted by Gasteiger charge is -2.33. The largest absolute Gasteiger partial charge is 0.378 e. The van der Waals surface area contributed by atoms with Crippen LogP contribution in [0.3, 0.4) is 0 Å². The fraction of sp³-hybridized carbons (Fsp3) is 1.00. The van der Waals surface area contributed by atoms with Gasteiger partial charge in [0.05, 0.1) is 25.9 Å². The third-order valence-electron chi connectivity index (χ3n) is 3.21. The zero-order valence-corrected chi connectivity index (χ0v) is 7.24. The molecule has 3 aliphatic rings. The average molecular weight is 169 g/mol. The first-order valence-electron chi connectivity index (χ1n) is 4.88. The van der Waals surface area contributed by atoms with E-state index in [0.29, 0.717) is 18.2 Å². The maximum Gasteiger partial charge on any atom is 0.0936 e. The van der Waals surface area contributed by atoms with Gasteiger partial charge in [-0.25, -0.2) is 0 Å². The third kappa shape index (κ3) is 1.16. The molecule has 3 saturated heterocycles. The molecule has 68 valence electrons. The molecule has 3 aliphatic heterocycles. The van der Waals surface area contributed by atoms with Gasteiger partial charge in [-0.3, -0.25) is 4.90 Å². The molecule has 0 radical (unpaired) electrons. The van der Waals surface area contributed by atoms with E-state index in [9.17, 15) is 0 Å². The van der Waals surface area contributed by atoms with Gasteiger partial charge in [0.2, 0.25) is 0 Å². The van der Waals surface area contributed by atoms with Crippen molar-refractivity contribution >= 4 is 0 Å². The Morgan fingerprint density at radius 2 is 1.75 bits per heavy atom. The highest BCUT2D eigenvalue weighted by atomic mass is 16.6. The average Bonchev–Trinajstić information content (AvgIpc) is 2.81. The second-order valence-electron chi connectivity index (χ2n) is 4.07. The number of rotatable bonds is 2. The standard InChI is InChI=1S/C9H15NO2/c1-2-8-5-11-4-7(1)10(8)3-9-6-12-9/h7-9H,1-6H2/t7?,8?,9-/m0/s1. The van der Waals surface area contributed by atoms with Crippen LogP contribution in [0.2, 0.25) is 0 Å². The number of hydrogen-bond donors (Lipinski definition) is 0. The summed E-state index contributed by atoms with van der Waals surface area (Å²) in [4.78, 5) is 2.60. The molecular formula is C9H15NO2. The zero-order valence-electron chi connectivity index (χ0n) is 7.24. The van der Waals surface area contributed by atoms with E-state index in [0.717, 1.165) is 26.4 Å². The smallest absolute Gasteiger partial charge is 0.0936 e. The van der Waals surface area contributed by atoms with Gasteiger partial charge < -0.3 is 9.47 Å². The minimum Gasteiger partial charge on any atom is -0.378 e. The van der Waals surface area contributed by atoms with Gasteiger partial charge in [-0.1, -0.05) is 0 Å². The van der Waals surface area contributed by atoms with Gasteiger partial charge >= 0.3 is 0 Å². The summed E-state index contributed by atoms with van der Waals surface area (Å²) in [5.74, 6) is 0. The van der Waals surface area contributed by atoms with E-state index < -0.39 is 0 Å². The van der Waals surface area contributed by atoms with Crippen LogP contribution in [-0.2, 0) is 9.47 Å². The van der Waals surface area contributed by atoms with Crippen LogP contribution in [-0.4, -0.2) is 49.5 Å². The van der Waals surface area contributed by atoms with Gasteiger partial charge in [0.15, 0.2) is 0 Å². The predicted octanol–water partition coefficient (Wildman–Crippen LogP) is 0.248. The molecule has 0 aliphatic carbocycles. The summed E-state index contributed by atoms with van der Waals surface area (Å²) < 4.78 is 10.8. The lowest BCUT2D eigenvalue weighted by atomic mass is 10.2. The van der Waals surface area contributed by atoms with Crippen LogP contribution in [0.4, 0.5) is 0 Å². The summed E-state index contributed by atoms with van der Waals surface area (Å²) in [6.45, 7) is 4.03. The van der Waals surface area contributed by atoms with Crippen molar-refractivity contribution in [1.82, 2.24) is 4.90 Å². The van der Waals surface area contributed by atoms with E-state index in [1.54, 1.807) is 0 Å². The van der Waals surface area contributed by atoms with Crippen LogP contribution >= 0.6 is 0 Å². The maximum absolute atomic E-state index is 5.51. The van der Waals surface area contributed by atoms with E-state index in [2.05, 4.69) is 4.90 Å². The number of epoxide rings is 1. The number of morpholine rings is 1. The van der Waals surface area contributed by atoms with Crippen molar-refractivity contribution in [2.45, 2.75) is 31.0 Å². The molecule has 2 unspecified atom stereocenters. The predicted molar refractivity (Wildman–Crippen MR) is 44.1 cm³/mol. The van der Waals surface area contributed by atoms with Gasteiger partial charge in [-0.15, -0.1) is 0 Å². The fourth-order valence-electron chi connectivity index (χ4n) is 2.42. The van der Waals surface area contributed by atoms with Crippen LogP contribution in [0.25, 0.3) is 0 Å². The van der Waals surface area contributed by atoms with E-state index in [4.69, 9.17) is 9.47 Å². The van der Waals surface area contributed by atoms with E-state index >= 15 is 0 Å². The number of fused-ring (bicyclic) bond motifs is 2. The second-order valence-corrected chi connectivity index (χ2v) is 4.07. The first-order valence-corrected chi connectivity index (χ1v) is 4.88. The van der Waals surface area contributed by atoms with Crippen LogP contribution in [0.1, 0.15) is 12.8 Å².